The first-order valence-electron chi connectivity index (χ1n) is 5.63. The molecule has 0 aliphatic carbocycles. The van der Waals surface area contributed by atoms with Crippen LogP contribution in [-0.4, -0.2) is 19.8 Å². The summed E-state index contributed by atoms with van der Waals surface area (Å²) >= 11 is 0. The number of ether oxygens (including phenoxy) is 2. The highest BCUT2D eigenvalue weighted by atomic mass is 19.2. The second-order valence-corrected chi connectivity index (χ2v) is 4.23. The van der Waals surface area contributed by atoms with Crippen molar-refractivity contribution in [1.29, 1.82) is 0 Å². The molecule has 0 amide bonds. The molecular weight excluding hydrogens is 226 g/mol. The maximum Gasteiger partial charge on any atom is 0.200 e. The lowest BCUT2D eigenvalue weighted by atomic mass is 10.0. The Morgan fingerprint density at radius 1 is 1.35 bits per heavy atom. The Hall–Kier alpha value is -1.16. The monoisotopic (exact) mass is 244 g/mol. The van der Waals surface area contributed by atoms with Gasteiger partial charge in [-0.25, -0.2) is 4.39 Å². The van der Waals surface area contributed by atoms with Gasteiger partial charge < -0.3 is 9.47 Å². The third-order valence-electron chi connectivity index (χ3n) is 2.56. The summed E-state index contributed by atoms with van der Waals surface area (Å²) in [5.41, 5.74) is 0.0215. The second kappa shape index (κ2) is 6.55. The Labute approximate surface area is 101 Å². The summed E-state index contributed by atoms with van der Waals surface area (Å²) in [6.45, 7) is 9.73. The summed E-state index contributed by atoms with van der Waals surface area (Å²) in [5.74, 6) is -2.14. The van der Waals surface area contributed by atoms with Gasteiger partial charge in [-0.2, -0.15) is 4.39 Å². The molecule has 0 aromatic rings. The van der Waals surface area contributed by atoms with Crippen molar-refractivity contribution in [2.45, 2.75) is 19.8 Å². The van der Waals surface area contributed by atoms with Crippen LogP contribution in [-0.2, 0) is 9.47 Å². The molecule has 0 aromatic carbocycles. The van der Waals surface area contributed by atoms with Crippen LogP contribution in [0.2, 0.25) is 0 Å². The number of halogens is 2. The average Bonchev–Trinajstić information content (AvgIpc) is 2.35. The molecule has 1 rings (SSSR count). The standard InChI is InChI=1S/C13H18F2O2/c1-9(2)12(14)13(15)10(3)17-8-11-5-4-6-16-7-11/h11H,1,3-8H2,2H3/b13-12-. The fraction of sp³-hybridized carbons (Fsp3) is 0.538. The van der Waals surface area contributed by atoms with Crippen LogP contribution in [0.1, 0.15) is 19.8 Å². The molecule has 1 fully saturated rings. The van der Waals surface area contributed by atoms with Crippen LogP contribution in [0.4, 0.5) is 8.78 Å². The third kappa shape index (κ3) is 4.30. The molecule has 1 atom stereocenters. The van der Waals surface area contributed by atoms with Gasteiger partial charge in [-0.3, -0.25) is 0 Å². The molecule has 0 radical (unpaired) electrons. The summed E-state index contributed by atoms with van der Waals surface area (Å²) in [4.78, 5) is 0. The van der Waals surface area contributed by atoms with E-state index >= 15 is 0 Å². The molecule has 0 aromatic heterocycles. The number of rotatable bonds is 5. The van der Waals surface area contributed by atoms with Crippen molar-refractivity contribution in [2.24, 2.45) is 5.92 Å². The van der Waals surface area contributed by atoms with E-state index in [2.05, 4.69) is 13.2 Å². The lowest BCUT2D eigenvalue weighted by molar-refractivity contribution is 0.0220. The van der Waals surface area contributed by atoms with Crippen LogP contribution in [0.25, 0.3) is 0 Å². The number of hydrogen-bond donors (Lipinski definition) is 0. The maximum absolute atomic E-state index is 13.4. The third-order valence-corrected chi connectivity index (χ3v) is 2.56. The predicted octanol–water partition coefficient (Wildman–Crippen LogP) is 3.67. The Morgan fingerprint density at radius 2 is 2.06 bits per heavy atom. The second-order valence-electron chi connectivity index (χ2n) is 4.23. The molecule has 1 heterocycles. The minimum absolute atomic E-state index is 0.0215. The van der Waals surface area contributed by atoms with Gasteiger partial charge in [0.1, 0.15) is 0 Å². The van der Waals surface area contributed by atoms with Crippen LogP contribution in [0.15, 0.2) is 36.1 Å². The zero-order chi connectivity index (χ0) is 12.8. The Balaban J connectivity index is 2.43. The zero-order valence-electron chi connectivity index (χ0n) is 10.1. The topological polar surface area (TPSA) is 18.5 Å². The van der Waals surface area contributed by atoms with E-state index in [-0.39, 0.29) is 17.3 Å². The lowest BCUT2D eigenvalue weighted by Gasteiger charge is -2.22. The van der Waals surface area contributed by atoms with Crippen LogP contribution < -0.4 is 0 Å². The molecule has 2 nitrogen and oxygen atoms in total. The smallest absolute Gasteiger partial charge is 0.200 e. The van der Waals surface area contributed by atoms with Gasteiger partial charge >= 0.3 is 0 Å². The molecular formula is C13H18F2O2. The van der Waals surface area contributed by atoms with Gasteiger partial charge in [0, 0.05) is 12.5 Å². The fourth-order valence-electron chi connectivity index (χ4n) is 1.53. The summed E-state index contributed by atoms with van der Waals surface area (Å²) in [7, 11) is 0. The Morgan fingerprint density at radius 3 is 2.59 bits per heavy atom. The van der Waals surface area contributed by atoms with Crippen molar-refractivity contribution < 1.29 is 18.3 Å². The molecule has 0 N–H and O–H groups in total. The van der Waals surface area contributed by atoms with Crippen molar-refractivity contribution in [1.82, 2.24) is 0 Å². The quantitative estimate of drug-likeness (QED) is 0.542. The van der Waals surface area contributed by atoms with Gasteiger partial charge in [0.2, 0.25) is 0 Å². The molecule has 1 saturated heterocycles. The maximum atomic E-state index is 13.4. The van der Waals surface area contributed by atoms with Crippen LogP contribution in [0, 0.1) is 5.92 Å². The van der Waals surface area contributed by atoms with E-state index in [1.54, 1.807) is 0 Å². The van der Waals surface area contributed by atoms with Crippen LogP contribution >= 0.6 is 0 Å². The molecule has 0 saturated carbocycles. The molecule has 96 valence electrons. The highest BCUT2D eigenvalue weighted by Crippen LogP contribution is 2.23. The summed E-state index contributed by atoms with van der Waals surface area (Å²) in [5, 5.41) is 0. The first-order chi connectivity index (χ1) is 8.02. The molecule has 0 spiro atoms. The SMILES string of the molecule is C=C(C)/C(F)=C(/F)C(=C)OCC1CCCOC1. The summed E-state index contributed by atoms with van der Waals surface area (Å²) < 4.78 is 36.9. The molecule has 0 bridgehead atoms. The van der Waals surface area contributed by atoms with Crippen LogP contribution in [0.3, 0.4) is 0 Å². The zero-order valence-corrected chi connectivity index (χ0v) is 10.1. The van der Waals surface area contributed by atoms with E-state index in [1.807, 2.05) is 0 Å². The number of hydrogen-bond acceptors (Lipinski definition) is 2. The van der Waals surface area contributed by atoms with Gasteiger partial charge in [0.15, 0.2) is 17.4 Å². The first-order valence-corrected chi connectivity index (χ1v) is 5.63. The predicted molar refractivity (Wildman–Crippen MR) is 62.7 cm³/mol. The van der Waals surface area contributed by atoms with Gasteiger partial charge in [-0.15, -0.1) is 0 Å². The Kier molecular flexibility index (Phi) is 5.35. The van der Waals surface area contributed by atoms with Gasteiger partial charge in [-0.05, 0) is 25.3 Å². The van der Waals surface area contributed by atoms with E-state index in [0.717, 1.165) is 19.4 Å². The summed E-state index contributed by atoms with van der Waals surface area (Å²) in [6.07, 6.45) is 1.94. The largest absolute Gasteiger partial charge is 0.491 e. The van der Waals surface area contributed by atoms with Crippen molar-refractivity contribution in [2.75, 3.05) is 19.8 Å². The molecule has 1 unspecified atom stereocenters. The first kappa shape index (κ1) is 13.9. The highest BCUT2D eigenvalue weighted by molar-refractivity contribution is 5.30. The van der Waals surface area contributed by atoms with Gasteiger partial charge in [-0.1, -0.05) is 13.2 Å². The molecule has 17 heavy (non-hydrogen) atoms. The highest BCUT2D eigenvalue weighted by Gasteiger charge is 2.17. The molecule has 1 aliphatic heterocycles. The minimum Gasteiger partial charge on any atom is -0.491 e. The van der Waals surface area contributed by atoms with Crippen molar-refractivity contribution in [3.05, 3.63) is 36.1 Å². The van der Waals surface area contributed by atoms with Crippen molar-refractivity contribution in [3.63, 3.8) is 0 Å². The van der Waals surface area contributed by atoms with E-state index < -0.39 is 11.7 Å². The van der Waals surface area contributed by atoms with E-state index in [1.165, 1.54) is 6.92 Å². The molecule has 4 heteroatoms. The van der Waals surface area contributed by atoms with Crippen LogP contribution in [0.5, 0.6) is 0 Å². The Bertz CT molecular complexity index is 328. The van der Waals surface area contributed by atoms with E-state index in [9.17, 15) is 8.78 Å². The summed E-state index contributed by atoms with van der Waals surface area (Å²) in [6, 6.07) is 0. The number of allylic oxidation sites excluding steroid dienone is 3. The fourth-order valence-corrected chi connectivity index (χ4v) is 1.53. The lowest BCUT2D eigenvalue weighted by Crippen LogP contribution is -2.21. The normalized spacial score (nSPS) is 21.7. The van der Waals surface area contributed by atoms with Crippen molar-refractivity contribution >= 4 is 0 Å². The van der Waals surface area contributed by atoms with E-state index in [0.29, 0.717) is 13.2 Å². The van der Waals surface area contributed by atoms with E-state index in [4.69, 9.17) is 9.47 Å². The van der Waals surface area contributed by atoms with Gasteiger partial charge in [0.25, 0.3) is 0 Å². The minimum atomic E-state index is -1.07. The molecule has 1 aliphatic rings. The average molecular weight is 244 g/mol. The van der Waals surface area contributed by atoms with Crippen molar-refractivity contribution in [3.8, 4) is 0 Å². The van der Waals surface area contributed by atoms with Gasteiger partial charge in [0.05, 0.1) is 13.2 Å².